The number of hydrogen-bond donors (Lipinski definition) is 0. The van der Waals surface area contributed by atoms with Gasteiger partial charge >= 0.3 is 0 Å². The molecule has 3 heterocycles. The van der Waals surface area contributed by atoms with Crippen LogP contribution in [0.3, 0.4) is 0 Å². The van der Waals surface area contributed by atoms with Crippen molar-refractivity contribution in [3.8, 4) is 11.1 Å². The summed E-state index contributed by atoms with van der Waals surface area (Å²) in [6.45, 7) is 1.81. The first-order chi connectivity index (χ1) is 13.0. The van der Waals surface area contributed by atoms with E-state index in [1.54, 1.807) is 30.7 Å². The van der Waals surface area contributed by atoms with Gasteiger partial charge in [-0.1, -0.05) is 18.2 Å². The Morgan fingerprint density at radius 2 is 1.85 bits per heavy atom. The van der Waals surface area contributed by atoms with Crippen LogP contribution in [0.1, 0.15) is 17.0 Å². The fraction of sp³-hybridized carbons (Fsp3) is 0.238. The third kappa shape index (κ3) is 2.71. The van der Waals surface area contributed by atoms with E-state index in [-0.39, 0.29) is 11.7 Å². The van der Waals surface area contributed by atoms with Gasteiger partial charge in [-0.25, -0.2) is 12.8 Å². The van der Waals surface area contributed by atoms with Crippen LogP contribution in [-0.2, 0) is 16.4 Å². The lowest BCUT2D eigenvalue weighted by atomic mass is 9.95. The molecule has 0 N–H and O–H groups in total. The monoisotopic (exact) mass is 383 g/mol. The van der Waals surface area contributed by atoms with E-state index in [2.05, 4.69) is 4.90 Å². The highest BCUT2D eigenvalue weighted by Crippen LogP contribution is 2.46. The maximum Gasteiger partial charge on any atom is 0.183 e. The van der Waals surface area contributed by atoms with E-state index >= 15 is 0 Å². The number of hydrogen-bond acceptors (Lipinski definition) is 4. The predicted octanol–water partition coefficient (Wildman–Crippen LogP) is 3.84. The van der Waals surface area contributed by atoms with Crippen molar-refractivity contribution in [2.75, 3.05) is 13.1 Å². The van der Waals surface area contributed by atoms with E-state index in [9.17, 15) is 12.8 Å². The quantitative estimate of drug-likeness (QED) is 0.690. The smallest absolute Gasteiger partial charge is 0.183 e. The molecule has 2 atom stereocenters. The molecule has 3 aromatic rings. The van der Waals surface area contributed by atoms with E-state index in [0.29, 0.717) is 24.5 Å². The molecular weight excluding hydrogens is 365 g/mol. The molecule has 4 nitrogen and oxygen atoms in total. The lowest BCUT2D eigenvalue weighted by Gasteiger charge is -2.17. The Morgan fingerprint density at radius 3 is 2.59 bits per heavy atom. The molecule has 5 rings (SSSR count). The Balaban J connectivity index is 1.46. The first-order valence-corrected chi connectivity index (χ1v) is 10.4. The van der Waals surface area contributed by atoms with Gasteiger partial charge < -0.3 is 4.42 Å². The highest BCUT2D eigenvalue weighted by atomic mass is 32.2. The number of nitrogens with zero attached hydrogens (tertiary/aromatic N) is 1. The largest absolute Gasteiger partial charge is 0.472 e. The second-order valence-corrected chi connectivity index (χ2v) is 9.41. The van der Waals surface area contributed by atoms with Crippen molar-refractivity contribution in [3.05, 3.63) is 78.0 Å². The molecule has 1 fully saturated rings. The van der Waals surface area contributed by atoms with Gasteiger partial charge in [0, 0.05) is 31.1 Å². The summed E-state index contributed by atoms with van der Waals surface area (Å²) in [6, 6.07) is 13.8. The van der Waals surface area contributed by atoms with Gasteiger partial charge in [-0.3, -0.25) is 4.90 Å². The summed E-state index contributed by atoms with van der Waals surface area (Å²) in [6.07, 6.45) is 3.28. The van der Waals surface area contributed by atoms with Crippen LogP contribution in [-0.4, -0.2) is 31.7 Å². The van der Waals surface area contributed by atoms with Crippen molar-refractivity contribution in [3.63, 3.8) is 0 Å². The minimum atomic E-state index is -3.33. The summed E-state index contributed by atoms with van der Waals surface area (Å²) in [5.74, 6) is -0.294. The van der Waals surface area contributed by atoms with Crippen LogP contribution >= 0.6 is 0 Å². The second kappa shape index (κ2) is 6.04. The zero-order valence-electron chi connectivity index (χ0n) is 14.5. The van der Waals surface area contributed by atoms with Crippen molar-refractivity contribution in [1.29, 1.82) is 0 Å². The van der Waals surface area contributed by atoms with Crippen molar-refractivity contribution in [1.82, 2.24) is 4.90 Å². The average Bonchev–Trinajstić information content (AvgIpc) is 3.36. The summed E-state index contributed by atoms with van der Waals surface area (Å²) in [4.78, 5) is 2.61. The van der Waals surface area contributed by atoms with Crippen LogP contribution in [0.15, 0.2) is 70.4 Å². The van der Waals surface area contributed by atoms with Gasteiger partial charge in [-0.05, 0) is 47.0 Å². The van der Waals surface area contributed by atoms with Crippen LogP contribution < -0.4 is 0 Å². The van der Waals surface area contributed by atoms with E-state index in [4.69, 9.17) is 4.42 Å². The van der Waals surface area contributed by atoms with Crippen molar-refractivity contribution in [2.45, 2.75) is 22.6 Å². The minimum Gasteiger partial charge on any atom is -0.472 e. The molecule has 2 aliphatic heterocycles. The summed E-state index contributed by atoms with van der Waals surface area (Å²) >= 11 is 0. The van der Waals surface area contributed by atoms with Crippen molar-refractivity contribution in [2.24, 2.45) is 0 Å². The Kier molecular flexibility index (Phi) is 3.74. The zero-order valence-corrected chi connectivity index (χ0v) is 15.3. The number of sulfone groups is 1. The Labute approximate surface area is 157 Å². The van der Waals surface area contributed by atoms with Crippen LogP contribution in [0.4, 0.5) is 4.39 Å². The first kappa shape index (κ1) is 16.7. The molecule has 138 valence electrons. The SMILES string of the molecule is O=S1(=O)c2ccc(-c3ccoc3)cc2C2CN(Cc3ccc(F)cc3)CC21. The summed E-state index contributed by atoms with van der Waals surface area (Å²) in [7, 11) is -3.33. The van der Waals surface area contributed by atoms with Crippen LogP contribution in [0.5, 0.6) is 0 Å². The number of rotatable bonds is 3. The van der Waals surface area contributed by atoms with Crippen LogP contribution in [0, 0.1) is 5.82 Å². The van der Waals surface area contributed by atoms with E-state index in [0.717, 1.165) is 22.3 Å². The molecule has 2 aromatic carbocycles. The summed E-state index contributed by atoms with van der Waals surface area (Å²) in [5, 5.41) is -0.410. The van der Waals surface area contributed by atoms with Gasteiger partial charge in [0.1, 0.15) is 5.82 Å². The van der Waals surface area contributed by atoms with E-state index < -0.39 is 15.1 Å². The molecule has 0 aliphatic carbocycles. The van der Waals surface area contributed by atoms with Crippen molar-refractivity contribution < 1.29 is 17.2 Å². The number of furan rings is 1. The second-order valence-electron chi connectivity index (χ2n) is 7.28. The van der Waals surface area contributed by atoms with Gasteiger partial charge in [-0.2, -0.15) is 0 Å². The maximum atomic E-state index is 13.1. The summed E-state index contributed by atoms with van der Waals surface area (Å²) in [5.41, 5.74) is 3.80. The van der Waals surface area contributed by atoms with Gasteiger partial charge in [-0.15, -0.1) is 0 Å². The average molecular weight is 383 g/mol. The lowest BCUT2D eigenvalue weighted by molar-refractivity contribution is 0.325. The van der Waals surface area contributed by atoms with Gasteiger partial charge in [0.15, 0.2) is 9.84 Å². The molecule has 0 amide bonds. The third-order valence-electron chi connectivity index (χ3n) is 5.63. The number of fused-ring (bicyclic) bond motifs is 3. The van der Waals surface area contributed by atoms with E-state index in [1.165, 1.54) is 12.1 Å². The molecule has 0 bridgehead atoms. The van der Waals surface area contributed by atoms with Crippen LogP contribution in [0.25, 0.3) is 11.1 Å². The molecular formula is C21H18FNO3S. The zero-order chi connectivity index (χ0) is 18.6. The van der Waals surface area contributed by atoms with Crippen molar-refractivity contribution >= 4 is 9.84 Å². The fourth-order valence-corrected chi connectivity index (χ4v) is 6.51. The predicted molar refractivity (Wildman–Crippen MR) is 99.5 cm³/mol. The minimum absolute atomic E-state index is 0.0303. The fourth-order valence-electron chi connectivity index (χ4n) is 4.31. The topological polar surface area (TPSA) is 50.5 Å². The van der Waals surface area contributed by atoms with Gasteiger partial charge in [0.25, 0.3) is 0 Å². The van der Waals surface area contributed by atoms with Gasteiger partial charge in [0.2, 0.25) is 0 Å². The first-order valence-electron chi connectivity index (χ1n) is 8.89. The number of benzene rings is 2. The lowest BCUT2D eigenvalue weighted by Crippen LogP contribution is -2.25. The molecule has 1 saturated heterocycles. The summed E-state index contributed by atoms with van der Waals surface area (Å²) < 4.78 is 44.3. The number of halogens is 1. The molecule has 0 radical (unpaired) electrons. The Bertz CT molecular complexity index is 1090. The molecule has 6 heteroatoms. The molecule has 0 spiro atoms. The molecule has 27 heavy (non-hydrogen) atoms. The Hall–Kier alpha value is -2.44. The maximum absolute atomic E-state index is 13.1. The third-order valence-corrected chi connectivity index (χ3v) is 7.89. The highest BCUT2D eigenvalue weighted by molar-refractivity contribution is 7.92. The normalized spacial score (nSPS) is 23.3. The van der Waals surface area contributed by atoms with E-state index in [1.807, 2.05) is 18.2 Å². The highest BCUT2D eigenvalue weighted by Gasteiger charge is 2.50. The molecule has 1 aromatic heterocycles. The molecule has 0 saturated carbocycles. The molecule has 2 unspecified atom stereocenters. The Morgan fingerprint density at radius 1 is 1.04 bits per heavy atom. The number of likely N-dealkylation sites (tertiary alicyclic amines) is 1. The molecule has 2 aliphatic rings. The standard InChI is InChI=1S/C21H18FNO3S/c22-17-4-1-14(2-5-17)10-23-11-19-18-9-15(16-7-8-26-13-16)3-6-20(18)27(24,25)21(19)12-23/h1-9,13,19,21H,10-12H2. The van der Waals surface area contributed by atoms with Gasteiger partial charge in [0.05, 0.1) is 22.7 Å². The van der Waals surface area contributed by atoms with Crippen LogP contribution in [0.2, 0.25) is 0 Å².